The van der Waals surface area contributed by atoms with E-state index in [0.717, 1.165) is 32.0 Å². The minimum Gasteiger partial charge on any atom is -0.486 e. The molecule has 3 heterocycles. The molecule has 1 amide bonds. The molecule has 142 valence electrons. The van der Waals surface area contributed by atoms with Crippen LogP contribution in [0.4, 0.5) is 11.5 Å². The number of aromatic nitrogens is 2. The average molecular weight is 369 g/mol. The molecule has 0 bridgehead atoms. The van der Waals surface area contributed by atoms with Gasteiger partial charge < -0.3 is 24.6 Å². The van der Waals surface area contributed by atoms with Gasteiger partial charge in [-0.1, -0.05) is 0 Å². The Labute approximate surface area is 158 Å². The molecule has 1 aromatic heterocycles. The lowest BCUT2D eigenvalue weighted by atomic mass is 10.2. The maximum Gasteiger partial charge on any atom is 0.274 e. The SMILES string of the molecule is Cc1nc(C(=O)Nc2ccc3c(c2)OCCO3)cc(N2CCN(C)CC2)n1. The molecule has 1 saturated heterocycles. The van der Waals surface area contributed by atoms with Crippen molar-refractivity contribution in [2.45, 2.75) is 6.92 Å². The summed E-state index contributed by atoms with van der Waals surface area (Å²) in [6.45, 7) is 6.56. The van der Waals surface area contributed by atoms with Crippen molar-refractivity contribution in [1.82, 2.24) is 14.9 Å². The zero-order valence-electron chi connectivity index (χ0n) is 15.6. The molecule has 4 rings (SSSR count). The molecule has 0 aliphatic carbocycles. The number of rotatable bonds is 3. The van der Waals surface area contributed by atoms with E-state index >= 15 is 0 Å². The monoisotopic (exact) mass is 369 g/mol. The van der Waals surface area contributed by atoms with Gasteiger partial charge >= 0.3 is 0 Å². The van der Waals surface area contributed by atoms with E-state index in [9.17, 15) is 4.79 Å². The van der Waals surface area contributed by atoms with Crippen LogP contribution in [0.3, 0.4) is 0 Å². The Morgan fingerprint density at radius 2 is 1.78 bits per heavy atom. The third kappa shape index (κ3) is 3.95. The van der Waals surface area contributed by atoms with Crippen molar-refractivity contribution < 1.29 is 14.3 Å². The topological polar surface area (TPSA) is 79.8 Å². The second kappa shape index (κ2) is 7.40. The molecule has 1 fully saturated rings. The van der Waals surface area contributed by atoms with E-state index in [-0.39, 0.29) is 5.91 Å². The zero-order valence-corrected chi connectivity index (χ0v) is 15.6. The van der Waals surface area contributed by atoms with Gasteiger partial charge in [0.25, 0.3) is 5.91 Å². The molecule has 1 aromatic carbocycles. The lowest BCUT2D eigenvalue weighted by molar-refractivity contribution is 0.102. The third-order valence-corrected chi connectivity index (χ3v) is 4.68. The van der Waals surface area contributed by atoms with Crippen LogP contribution in [0, 0.1) is 6.92 Å². The first kappa shape index (κ1) is 17.5. The highest BCUT2D eigenvalue weighted by molar-refractivity contribution is 6.03. The molecule has 2 aliphatic rings. The molecule has 0 unspecified atom stereocenters. The van der Waals surface area contributed by atoms with Crippen molar-refractivity contribution in [1.29, 1.82) is 0 Å². The van der Waals surface area contributed by atoms with Crippen molar-refractivity contribution in [2.24, 2.45) is 0 Å². The van der Waals surface area contributed by atoms with Crippen LogP contribution in [0.1, 0.15) is 16.3 Å². The molecule has 1 N–H and O–H groups in total. The maximum atomic E-state index is 12.7. The van der Waals surface area contributed by atoms with Gasteiger partial charge in [-0.15, -0.1) is 0 Å². The highest BCUT2D eigenvalue weighted by atomic mass is 16.6. The van der Waals surface area contributed by atoms with Crippen molar-refractivity contribution >= 4 is 17.4 Å². The number of likely N-dealkylation sites (N-methyl/N-ethyl adjacent to an activating group) is 1. The Morgan fingerprint density at radius 3 is 2.56 bits per heavy atom. The first-order chi connectivity index (χ1) is 13.1. The van der Waals surface area contributed by atoms with Crippen LogP contribution in [-0.4, -0.2) is 67.2 Å². The van der Waals surface area contributed by atoms with Gasteiger partial charge in [-0.2, -0.15) is 0 Å². The lowest BCUT2D eigenvalue weighted by Gasteiger charge is -2.33. The van der Waals surface area contributed by atoms with E-state index in [2.05, 4.69) is 32.1 Å². The minimum absolute atomic E-state index is 0.271. The third-order valence-electron chi connectivity index (χ3n) is 4.68. The summed E-state index contributed by atoms with van der Waals surface area (Å²) < 4.78 is 11.1. The van der Waals surface area contributed by atoms with E-state index in [1.165, 1.54) is 0 Å². The lowest BCUT2D eigenvalue weighted by Crippen LogP contribution is -2.45. The van der Waals surface area contributed by atoms with Crippen LogP contribution >= 0.6 is 0 Å². The standard InChI is InChI=1S/C19H23N5O3/c1-13-20-15(12-18(21-13)24-7-5-23(2)6-8-24)19(25)22-14-3-4-16-17(11-14)27-10-9-26-16/h3-4,11-12H,5-10H2,1-2H3,(H,22,25). The van der Waals surface area contributed by atoms with E-state index < -0.39 is 0 Å². The number of ether oxygens (including phenoxy) is 2. The average Bonchev–Trinajstić information content (AvgIpc) is 2.68. The van der Waals surface area contributed by atoms with Crippen LogP contribution in [0.15, 0.2) is 24.3 Å². The predicted octanol–water partition coefficient (Wildman–Crippen LogP) is 1.56. The summed E-state index contributed by atoms with van der Waals surface area (Å²) in [5.74, 6) is 2.43. The minimum atomic E-state index is -0.271. The van der Waals surface area contributed by atoms with Gasteiger partial charge in [0, 0.05) is 44.0 Å². The molecule has 0 radical (unpaired) electrons. The summed E-state index contributed by atoms with van der Waals surface area (Å²) in [5, 5.41) is 2.88. The Balaban J connectivity index is 1.51. The Kier molecular flexibility index (Phi) is 4.81. The fourth-order valence-corrected chi connectivity index (χ4v) is 3.18. The van der Waals surface area contributed by atoms with E-state index in [4.69, 9.17) is 9.47 Å². The smallest absolute Gasteiger partial charge is 0.274 e. The van der Waals surface area contributed by atoms with Crippen LogP contribution in [-0.2, 0) is 0 Å². The summed E-state index contributed by atoms with van der Waals surface area (Å²) in [6, 6.07) is 7.11. The van der Waals surface area contributed by atoms with E-state index in [1.54, 1.807) is 31.2 Å². The number of piperazine rings is 1. The number of aryl methyl sites for hydroxylation is 1. The van der Waals surface area contributed by atoms with Crippen molar-refractivity contribution in [3.8, 4) is 11.5 Å². The number of hydrogen-bond donors (Lipinski definition) is 1. The van der Waals surface area contributed by atoms with Gasteiger partial charge in [-0.3, -0.25) is 4.79 Å². The Bertz CT molecular complexity index is 849. The molecule has 27 heavy (non-hydrogen) atoms. The number of hydrogen-bond acceptors (Lipinski definition) is 7. The van der Waals surface area contributed by atoms with Gasteiger partial charge in [-0.05, 0) is 26.1 Å². The summed E-state index contributed by atoms with van der Waals surface area (Å²) >= 11 is 0. The quantitative estimate of drug-likeness (QED) is 0.879. The summed E-state index contributed by atoms with van der Waals surface area (Å²) in [5.41, 5.74) is 0.993. The molecular weight excluding hydrogens is 346 g/mol. The number of carbonyl (C=O) groups is 1. The number of nitrogens with zero attached hydrogens (tertiary/aromatic N) is 4. The van der Waals surface area contributed by atoms with Crippen LogP contribution in [0.25, 0.3) is 0 Å². The number of carbonyl (C=O) groups excluding carboxylic acids is 1. The maximum absolute atomic E-state index is 12.7. The number of benzene rings is 1. The first-order valence-electron chi connectivity index (χ1n) is 9.09. The predicted molar refractivity (Wildman–Crippen MR) is 102 cm³/mol. The van der Waals surface area contributed by atoms with Gasteiger partial charge in [0.1, 0.15) is 30.5 Å². The number of amides is 1. The molecule has 2 aliphatic heterocycles. The van der Waals surface area contributed by atoms with Gasteiger partial charge in [0.15, 0.2) is 11.5 Å². The van der Waals surface area contributed by atoms with Gasteiger partial charge in [0.05, 0.1) is 0 Å². The van der Waals surface area contributed by atoms with Crippen molar-refractivity contribution in [3.05, 3.63) is 35.8 Å². The van der Waals surface area contributed by atoms with E-state index in [1.807, 2.05) is 0 Å². The number of nitrogens with one attached hydrogen (secondary N) is 1. The molecule has 8 heteroatoms. The molecular formula is C19H23N5O3. The number of fused-ring (bicyclic) bond motifs is 1. The molecule has 0 spiro atoms. The van der Waals surface area contributed by atoms with Crippen molar-refractivity contribution in [2.75, 3.05) is 56.7 Å². The van der Waals surface area contributed by atoms with Crippen molar-refractivity contribution in [3.63, 3.8) is 0 Å². The van der Waals surface area contributed by atoms with Gasteiger partial charge in [-0.25, -0.2) is 9.97 Å². The molecule has 0 saturated carbocycles. The largest absolute Gasteiger partial charge is 0.486 e. The second-order valence-electron chi connectivity index (χ2n) is 6.76. The fourth-order valence-electron chi connectivity index (χ4n) is 3.18. The first-order valence-corrected chi connectivity index (χ1v) is 9.09. The zero-order chi connectivity index (χ0) is 18.8. The molecule has 2 aromatic rings. The van der Waals surface area contributed by atoms with E-state index in [0.29, 0.717) is 41.9 Å². The Morgan fingerprint density at radius 1 is 1.04 bits per heavy atom. The molecule has 8 nitrogen and oxygen atoms in total. The fraction of sp³-hybridized carbons (Fsp3) is 0.421. The highest BCUT2D eigenvalue weighted by Crippen LogP contribution is 2.32. The summed E-state index contributed by atoms with van der Waals surface area (Å²) in [7, 11) is 2.11. The highest BCUT2D eigenvalue weighted by Gasteiger charge is 2.19. The molecule has 0 atom stereocenters. The van der Waals surface area contributed by atoms with Crippen LogP contribution in [0.2, 0.25) is 0 Å². The second-order valence-corrected chi connectivity index (χ2v) is 6.76. The normalized spacial score (nSPS) is 16.9. The Hall–Kier alpha value is -2.87. The van der Waals surface area contributed by atoms with Crippen LogP contribution < -0.4 is 19.7 Å². The number of anilines is 2. The summed E-state index contributed by atoms with van der Waals surface area (Å²) in [4.78, 5) is 26.0. The van der Waals surface area contributed by atoms with Gasteiger partial charge in [0.2, 0.25) is 0 Å². The van der Waals surface area contributed by atoms with Crippen LogP contribution in [0.5, 0.6) is 11.5 Å². The summed E-state index contributed by atoms with van der Waals surface area (Å²) in [6.07, 6.45) is 0.